The topological polar surface area (TPSA) is 50.9 Å². The van der Waals surface area contributed by atoms with Gasteiger partial charge in [0.1, 0.15) is 0 Å². The van der Waals surface area contributed by atoms with Gasteiger partial charge in [-0.3, -0.25) is 4.98 Å². The molecule has 0 saturated heterocycles. The molecular formula is C18H19N3. The van der Waals surface area contributed by atoms with Crippen molar-refractivity contribution in [2.45, 2.75) is 19.4 Å². The molecular weight excluding hydrogens is 258 g/mol. The molecule has 3 N–H and O–H groups in total. The molecule has 0 radical (unpaired) electrons. The summed E-state index contributed by atoms with van der Waals surface area (Å²) in [6.07, 6.45) is 2.78. The number of hydrogen-bond donors (Lipinski definition) is 2. The van der Waals surface area contributed by atoms with Crippen molar-refractivity contribution in [1.82, 2.24) is 4.98 Å². The predicted molar refractivity (Wildman–Crippen MR) is 89.3 cm³/mol. The summed E-state index contributed by atoms with van der Waals surface area (Å²) in [6.45, 7) is 2.17. The van der Waals surface area contributed by atoms with Crippen LogP contribution < -0.4 is 11.1 Å². The van der Waals surface area contributed by atoms with Crippen molar-refractivity contribution in [3.05, 3.63) is 66.4 Å². The van der Waals surface area contributed by atoms with Gasteiger partial charge in [0.25, 0.3) is 0 Å². The summed E-state index contributed by atoms with van der Waals surface area (Å²) in [4.78, 5) is 4.33. The Bertz CT molecular complexity index is 738. The van der Waals surface area contributed by atoms with E-state index in [9.17, 15) is 0 Å². The van der Waals surface area contributed by atoms with E-state index in [1.54, 1.807) is 6.20 Å². The van der Waals surface area contributed by atoms with Crippen LogP contribution in [0.5, 0.6) is 0 Å². The molecule has 3 rings (SSSR count). The highest BCUT2D eigenvalue weighted by Gasteiger charge is 2.11. The standard InChI is InChI=1S/C18H19N3/c1-2-15(13-7-4-3-5-8-13)21-17-11-10-16-14(18(17)19)9-6-12-20-16/h3-12,15,21H,2,19H2,1H3. The van der Waals surface area contributed by atoms with Gasteiger partial charge in [-0.1, -0.05) is 37.3 Å². The smallest absolute Gasteiger partial charge is 0.0724 e. The van der Waals surface area contributed by atoms with Crippen LogP contribution in [0.4, 0.5) is 11.4 Å². The molecule has 0 aliphatic carbocycles. The SMILES string of the molecule is CCC(Nc1ccc2ncccc2c1N)c1ccccc1. The minimum Gasteiger partial charge on any atom is -0.397 e. The van der Waals surface area contributed by atoms with E-state index in [-0.39, 0.29) is 6.04 Å². The third kappa shape index (κ3) is 2.68. The maximum atomic E-state index is 6.30. The van der Waals surface area contributed by atoms with E-state index < -0.39 is 0 Å². The Morgan fingerprint density at radius 2 is 1.86 bits per heavy atom. The molecule has 0 aliphatic rings. The number of fused-ring (bicyclic) bond motifs is 1. The van der Waals surface area contributed by atoms with Crippen LogP contribution in [-0.2, 0) is 0 Å². The summed E-state index contributed by atoms with van der Waals surface area (Å²) in [5.74, 6) is 0. The molecule has 3 heteroatoms. The first-order valence-corrected chi connectivity index (χ1v) is 7.24. The average molecular weight is 277 g/mol. The van der Waals surface area contributed by atoms with Crippen LogP contribution in [0.25, 0.3) is 10.9 Å². The maximum Gasteiger partial charge on any atom is 0.0724 e. The van der Waals surface area contributed by atoms with Gasteiger partial charge in [-0.2, -0.15) is 0 Å². The van der Waals surface area contributed by atoms with Gasteiger partial charge in [-0.05, 0) is 36.2 Å². The monoisotopic (exact) mass is 277 g/mol. The molecule has 0 amide bonds. The van der Waals surface area contributed by atoms with Gasteiger partial charge in [-0.15, -0.1) is 0 Å². The van der Waals surface area contributed by atoms with Crippen molar-refractivity contribution < 1.29 is 0 Å². The number of nitrogen functional groups attached to an aromatic ring is 1. The molecule has 1 aromatic heterocycles. The first-order chi connectivity index (χ1) is 10.3. The first kappa shape index (κ1) is 13.4. The molecule has 0 spiro atoms. The molecule has 1 atom stereocenters. The third-order valence-corrected chi connectivity index (χ3v) is 3.77. The zero-order valence-electron chi connectivity index (χ0n) is 12.1. The summed E-state index contributed by atoms with van der Waals surface area (Å²) >= 11 is 0. The van der Waals surface area contributed by atoms with Gasteiger partial charge in [0, 0.05) is 11.6 Å². The van der Waals surface area contributed by atoms with Crippen molar-refractivity contribution in [3.8, 4) is 0 Å². The molecule has 0 aliphatic heterocycles. The van der Waals surface area contributed by atoms with E-state index in [1.165, 1.54) is 5.56 Å². The lowest BCUT2D eigenvalue weighted by Gasteiger charge is -2.20. The number of rotatable bonds is 4. The molecule has 106 valence electrons. The first-order valence-electron chi connectivity index (χ1n) is 7.24. The summed E-state index contributed by atoms with van der Waals surface area (Å²) in [6, 6.07) is 18.6. The molecule has 0 fully saturated rings. The Morgan fingerprint density at radius 3 is 2.62 bits per heavy atom. The van der Waals surface area contributed by atoms with E-state index in [0.29, 0.717) is 0 Å². The van der Waals surface area contributed by atoms with Gasteiger partial charge in [0.2, 0.25) is 0 Å². The Kier molecular flexibility index (Phi) is 3.73. The molecule has 21 heavy (non-hydrogen) atoms. The summed E-state index contributed by atoms with van der Waals surface area (Å²) in [7, 11) is 0. The summed E-state index contributed by atoms with van der Waals surface area (Å²) in [5.41, 5.74) is 10.2. The zero-order valence-corrected chi connectivity index (χ0v) is 12.1. The fraction of sp³-hybridized carbons (Fsp3) is 0.167. The highest BCUT2D eigenvalue weighted by atomic mass is 14.9. The Morgan fingerprint density at radius 1 is 1.05 bits per heavy atom. The van der Waals surface area contributed by atoms with E-state index in [2.05, 4.69) is 41.5 Å². The van der Waals surface area contributed by atoms with Crippen LogP contribution in [0.1, 0.15) is 24.9 Å². The highest BCUT2D eigenvalue weighted by molar-refractivity contribution is 5.96. The number of nitrogens with one attached hydrogen (secondary N) is 1. The molecule has 0 bridgehead atoms. The average Bonchev–Trinajstić information content (AvgIpc) is 2.55. The second kappa shape index (κ2) is 5.83. The Labute approximate surface area is 124 Å². The second-order valence-corrected chi connectivity index (χ2v) is 5.11. The number of nitrogens with zero attached hydrogens (tertiary/aromatic N) is 1. The Hall–Kier alpha value is -2.55. The van der Waals surface area contributed by atoms with Crippen LogP contribution in [0, 0.1) is 0 Å². The van der Waals surface area contributed by atoms with Gasteiger partial charge < -0.3 is 11.1 Å². The summed E-state index contributed by atoms with van der Waals surface area (Å²) < 4.78 is 0. The molecule has 0 saturated carbocycles. The Balaban J connectivity index is 1.95. The third-order valence-electron chi connectivity index (χ3n) is 3.77. The number of aromatic nitrogens is 1. The number of benzene rings is 2. The number of nitrogens with two attached hydrogens (primary N) is 1. The van der Waals surface area contributed by atoms with Gasteiger partial charge >= 0.3 is 0 Å². The van der Waals surface area contributed by atoms with E-state index >= 15 is 0 Å². The van der Waals surface area contributed by atoms with E-state index in [4.69, 9.17) is 5.73 Å². The minimum absolute atomic E-state index is 0.252. The van der Waals surface area contributed by atoms with Gasteiger partial charge in [0.15, 0.2) is 0 Å². The van der Waals surface area contributed by atoms with Crippen LogP contribution in [0.3, 0.4) is 0 Å². The van der Waals surface area contributed by atoms with Crippen molar-refractivity contribution in [3.63, 3.8) is 0 Å². The van der Waals surface area contributed by atoms with E-state index in [1.807, 2.05) is 30.3 Å². The van der Waals surface area contributed by atoms with E-state index in [0.717, 1.165) is 28.7 Å². The lowest BCUT2D eigenvalue weighted by Crippen LogP contribution is -2.11. The molecule has 2 aromatic carbocycles. The van der Waals surface area contributed by atoms with Gasteiger partial charge in [-0.25, -0.2) is 0 Å². The predicted octanol–water partition coefficient (Wildman–Crippen LogP) is 4.38. The number of hydrogen-bond acceptors (Lipinski definition) is 3. The van der Waals surface area contributed by atoms with Crippen molar-refractivity contribution in [2.75, 3.05) is 11.1 Å². The lowest BCUT2D eigenvalue weighted by molar-refractivity contribution is 0.750. The quantitative estimate of drug-likeness (QED) is 0.696. The number of anilines is 2. The number of pyridine rings is 1. The molecule has 3 aromatic rings. The maximum absolute atomic E-state index is 6.30. The molecule has 1 unspecified atom stereocenters. The largest absolute Gasteiger partial charge is 0.397 e. The highest BCUT2D eigenvalue weighted by Crippen LogP contribution is 2.31. The molecule has 3 nitrogen and oxygen atoms in total. The van der Waals surface area contributed by atoms with Crippen molar-refractivity contribution >= 4 is 22.3 Å². The normalized spacial score (nSPS) is 12.2. The fourth-order valence-electron chi connectivity index (χ4n) is 2.60. The van der Waals surface area contributed by atoms with Gasteiger partial charge in [0.05, 0.1) is 22.9 Å². The lowest BCUT2D eigenvalue weighted by atomic mass is 10.0. The molecule has 1 heterocycles. The minimum atomic E-state index is 0.252. The van der Waals surface area contributed by atoms with Crippen LogP contribution in [0.15, 0.2) is 60.8 Å². The van der Waals surface area contributed by atoms with Crippen LogP contribution in [0.2, 0.25) is 0 Å². The van der Waals surface area contributed by atoms with Crippen LogP contribution >= 0.6 is 0 Å². The zero-order chi connectivity index (χ0) is 14.7. The van der Waals surface area contributed by atoms with Crippen molar-refractivity contribution in [1.29, 1.82) is 0 Å². The fourth-order valence-corrected chi connectivity index (χ4v) is 2.60. The van der Waals surface area contributed by atoms with Crippen LogP contribution in [-0.4, -0.2) is 4.98 Å². The second-order valence-electron chi connectivity index (χ2n) is 5.11. The van der Waals surface area contributed by atoms with Crippen molar-refractivity contribution in [2.24, 2.45) is 0 Å². The summed E-state index contributed by atoms with van der Waals surface area (Å²) in [5, 5.41) is 4.54.